The van der Waals surface area contributed by atoms with Crippen LogP contribution < -0.4 is 10.2 Å². The van der Waals surface area contributed by atoms with E-state index < -0.39 is 0 Å². The molecule has 0 bridgehead atoms. The summed E-state index contributed by atoms with van der Waals surface area (Å²) in [5.74, 6) is 0. The molecule has 0 amide bonds. The Morgan fingerprint density at radius 3 is 2.95 bits per heavy atom. The molecule has 1 N–H and O–H groups in total. The van der Waals surface area contributed by atoms with Crippen LogP contribution in [0.2, 0.25) is 0 Å². The van der Waals surface area contributed by atoms with Gasteiger partial charge in [-0.1, -0.05) is 18.2 Å². The topological polar surface area (TPSA) is 28.2 Å². The van der Waals surface area contributed by atoms with Gasteiger partial charge in [-0.25, -0.2) is 4.98 Å². The number of fused-ring (bicyclic) bond motifs is 1. The van der Waals surface area contributed by atoms with Gasteiger partial charge in [0.05, 0.1) is 17.2 Å². The average molecular weight is 273 g/mol. The molecule has 0 saturated heterocycles. The SMILES string of the molecule is Cc1nc(C)c(CN2CCNCc3ccccc32)s1. The van der Waals surface area contributed by atoms with Crippen molar-refractivity contribution in [2.75, 3.05) is 18.0 Å². The molecular weight excluding hydrogens is 254 g/mol. The number of nitrogens with zero attached hydrogens (tertiary/aromatic N) is 2. The van der Waals surface area contributed by atoms with Crippen LogP contribution in [0.25, 0.3) is 0 Å². The first-order chi connectivity index (χ1) is 9.24. The third kappa shape index (κ3) is 2.65. The lowest BCUT2D eigenvalue weighted by Gasteiger charge is -2.24. The third-order valence-corrected chi connectivity index (χ3v) is 4.60. The summed E-state index contributed by atoms with van der Waals surface area (Å²) < 4.78 is 0. The van der Waals surface area contributed by atoms with Gasteiger partial charge in [-0.3, -0.25) is 0 Å². The molecule has 0 saturated carbocycles. The highest BCUT2D eigenvalue weighted by Gasteiger charge is 2.16. The van der Waals surface area contributed by atoms with Gasteiger partial charge in [0.2, 0.25) is 0 Å². The molecule has 100 valence electrons. The van der Waals surface area contributed by atoms with E-state index in [1.54, 1.807) is 0 Å². The zero-order chi connectivity index (χ0) is 13.2. The molecule has 2 aromatic rings. The van der Waals surface area contributed by atoms with Crippen molar-refractivity contribution in [2.45, 2.75) is 26.9 Å². The lowest BCUT2D eigenvalue weighted by molar-refractivity contribution is 0.689. The number of hydrogen-bond acceptors (Lipinski definition) is 4. The van der Waals surface area contributed by atoms with Gasteiger partial charge in [0.15, 0.2) is 0 Å². The van der Waals surface area contributed by atoms with Crippen molar-refractivity contribution in [2.24, 2.45) is 0 Å². The van der Waals surface area contributed by atoms with Gasteiger partial charge in [-0.05, 0) is 25.5 Å². The number of nitrogens with one attached hydrogen (secondary N) is 1. The number of thiazole rings is 1. The highest BCUT2D eigenvalue weighted by Crippen LogP contribution is 2.26. The molecule has 0 fully saturated rings. The first-order valence-electron chi connectivity index (χ1n) is 6.70. The molecule has 1 aromatic heterocycles. The number of hydrogen-bond donors (Lipinski definition) is 1. The maximum atomic E-state index is 4.53. The minimum Gasteiger partial charge on any atom is -0.365 e. The summed E-state index contributed by atoms with van der Waals surface area (Å²) in [7, 11) is 0. The predicted octanol–water partition coefficient (Wildman–Crippen LogP) is 2.87. The van der Waals surface area contributed by atoms with Gasteiger partial charge in [0, 0.05) is 30.2 Å². The summed E-state index contributed by atoms with van der Waals surface area (Å²) in [6, 6.07) is 8.69. The molecular formula is C15H19N3S. The van der Waals surface area contributed by atoms with Gasteiger partial charge in [-0.15, -0.1) is 11.3 Å². The van der Waals surface area contributed by atoms with Crippen molar-refractivity contribution in [3.8, 4) is 0 Å². The molecule has 0 atom stereocenters. The van der Waals surface area contributed by atoms with Gasteiger partial charge >= 0.3 is 0 Å². The number of aryl methyl sites for hydroxylation is 2. The fourth-order valence-electron chi connectivity index (χ4n) is 2.58. The standard InChI is InChI=1S/C15H19N3S/c1-11-15(19-12(2)17-11)10-18-8-7-16-9-13-5-3-4-6-14(13)18/h3-6,16H,7-10H2,1-2H3. The van der Waals surface area contributed by atoms with Crippen molar-refractivity contribution in [3.05, 3.63) is 45.4 Å². The molecule has 1 aromatic carbocycles. The maximum Gasteiger partial charge on any atom is 0.0900 e. The van der Waals surface area contributed by atoms with Crippen LogP contribution in [-0.2, 0) is 13.1 Å². The highest BCUT2D eigenvalue weighted by molar-refractivity contribution is 7.11. The Bertz CT molecular complexity index is 577. The van der Waals surface area contributed by atoms with E-state index >= 15 is 0 Å². The largest absolute Gasteiger partial charge is 0.365 e. The zero-order valence-electron chi connectivity index (χ0n) is 11.4. The van der Waals surface area contributed by atoms with E-state index in [9.17, 15) is 0 Å². The summed E-state index contributed by atoms with van der Waals surface area (Å²) >= 11 is 1.82. The Kier molecular flexibility index (Phi) is 3.53. The molecule has 0 unspecified atom stereocenters. The average Bonchev–Trinajstić information content (AvgIpc) is 2.61. The first-order valence-corrected chi connectivity index (χ1v) is 7.52. The number of para-hydroxylation sites is 1. The maximum absolute atomic E-state index is 4.53. The Morgan fingerprint density at radius 1 is 1.32 bits per heavy atom. The molecule has 0 radical (unpaired) electrons. The summed E-state index contributed by atoms with van der Waals surface area (Å²) in [6.07, 6.45) is 0. The Balaban J connectivity index is 1.90. The minimum atomic E-state index is 0.966. The van der Waals surface area contributed by atoms with Crippen LogP contribution in [0.1, 0.15) is 21.1 Å². The van der Waals surface area contributed by atoms with Gasteiger partial charge < -0.3 is 10.2 Å². The number of benzene rings is 1. The monoisotopic (exact) mass is 273 g/mol. The van der Waals surface area contributed by atoms with Crippen LogP contribution in [-0.4, -0.2) is 18.1 Å². The molecule has 1 aliphatic heterocycles. The lowest BCUT2D eigenvalue weighted by Crippen LogP contribution is -2.28. The summed E-state index contributed by atoms with van der Waals surface area (Å²) in [4.78, 5) is 8.38. The molecule has 3 rings (SSSR count). The Morgan fingerprint density at radius 2 is 2.16 bits per heavy atom. The summed E-state index contributed by atoms with van der Waals surface area (Å²) in [6.45, 7) is 8.21. The van der Waals surface area contributed by atoms with E-state index in [1.165, 1.54) is 21.8 Å². The van der Waals surface area contributed by atoms with Crippen molar-refractivity contribution in [1.29, 1.82) is 0 Å². The van der Waals surface area contributed by atoms with E-state index in [2.05, 4.69) is 53.3 Å². The van der Waals surface area contributed by atoms with Crippen molar-refractivity contribution in [1.82, 2.24) is 10.3 Å². The van der Waals surface area contributed by atoms with E-state index in [1.807, 2.05) is 11.3 Å². The smallest absolute Gasteiger partial charge is 0.0900 e. The fraction of sp³-hybridized carbons (Fsp3) is 0.400. The second-order valence-corrected chi connectivity index (χ2v) is 6.26. The summed E-state index contributed by atoms with van der Waals surface area (Å²) in [5, 5.41) is 4.65. The molecule has 4 heteroatoms. The van der Waals surface area contributed by atoms with Crippen molar-refractivity contribution >= 4 is 17.0 Å². The summed E-state index contributed by atoms with van der Waals surface area (Å²) in [5.41, 5.74) is 3.93. The predicted molar refractivity (Wildman–Crippen MR) is 80.8 cm³/mol. The van der Waals surface area contributed by atoms with Crippen LogP contribution in [0, 0.1) is 13.8 Å². The third-order valence-electron chi connectivity index (χ3n) is 3.54. The zero-order valence-corrected chi connectivity index (χ0v) is 12.3. The number of aromatic nitrogens is 1. The van der Waals surface area contributed by atoms with E-state index in [4.69, 9.17) is 0 Å². The molecule has 1 aliphatic rings. The number of rotatable bonds is 2. The number of anilines is 1. The van der Waals surface area contributed by atoms with Gasteiger partial charge in [-0.2, -0.15) is 0 Å². The lowest BCUT2D eigenvalue weighted by atomic mass is 10.1. The van der Waals surface area contributed by atoms with E-state index in [0.717, 1.165) is 31.2 Å². The van der Waals surface area contributed by atoms with Crippen LogP contribution in [0.4, 0.5) is 5.69 Å². The Hall–Kier alpha value is -1.39. The molecule has 0 aliphatic carbocycles. The van der Waals surface area contributed by atoms with Crippen LogP contribution in [0.3, 0.4) is 0 Å². The van der Waals surface area contributed by atoms with Gasteiger partial charge in [0.1, 0.15) is 0 Å². The first kappa shape index (κ1) is 12.6. The fourth-order valence-corrected chi connectivity index (χ4v) is 3.54. The highest BCUT2D eigenvalue weighted by atomic mass is 32.1. The molecule has 0 spiro atoms. The van der Waals surface area contributed by atoms with E-state index in [0.29, 0.717) is 0 Å². The minimum absolute atomic E-state index is 0.966. The molecule has 19 heavy (non-hydrogen) atoms. The molecule has 3 nitrogen and oxygen atoms in total. The van der Waals surface area contributed by atoms with Gasteiger partial charge in [0.25, 0.3) is 0 Å². The van der Waals surface area contributed by atoms with E-state index in [-0.39, 0.29) is 0 Å². The van der Waals surface area contributed by atoms with Crippen molar-refractivity contribution in [3.63, 3.8) is 0 Å². The van der Waals surface area contributed by atoms with Crippen LogP contribution in [0.5, 0.6) is 0 Å². The van der Waals surface area contributed by atoms with Crippen LogP contribution in [0.15, 0.2) is 24.3 Å². The van der Waals surface area contributed by atoms with Crippen molar-refractivity contribution < 1.29 is 0 Å². The second kappa shape index (κ2) is 5.31. The Labute approximate surface area is 118 Å². The van der Waals surface area contributed by atoms with Crippen LogP contribution >= 0.6 is 11.3 Å². The quantitative estimate of drug-likeness (QED) is 0.912. The normalized spacial score (nSPS) is 15.2. The molecule has 2 heterocycles. The second-order valence-electron chi connectivity index (χ2n) is 4.97.